The Kier molecular flexibility index (Phi) is 6.82. The number of rotatable bonds is 8. The zero-order valence-corrected chi connectivity index (χ0v) is 16.1. The third-order valence-electron chi connectivity index (χ3n) is 4.43. The third kappa shape index (κ3) is 5.19. The molecule has 1 N–H and O–H groups in total. The topological polar surface area (TPSA) is 72.0 Å². The van der Waals surface area contributed by atoms with Crippen molar-refractivity contribution in [1.29, 1.82) is 0 Å². The first-order valence-electron chi connectivity index (χ1n) is 8.68. The molecule has 0 radical (unpaired) electrons. The first-order valence-corrected chi connectivity index (χ1v) is 9.49. The number of aromatic nitrogens is 2. The van der Waals surface area contributed by atoms with E-state index < -0.39 is 0 Å². The monoisotopic (exact) mass is 359 g/mol. The van der Waals surface area contributed by atoms with E-state index in [1.54, 1.807) is 0 Å². The molecule has 2 aromatic rings. The van der Waals surface area contributed by atoms with E-state index in [1.807, 2.05) is 32.0 Å². The summed E-state index contributed by atoms with van der Waals surface area (Å²) in [6.45, 7) is 8.22. The van der Waals surface area contributed by atoms with Crippen LogP contribution in [0.4, 0.5) is 5.13 Å². The highest BCUT2D eigenvalue weighted by Crippen LogP contribution is 2.28. The first kappa shape index (κ1) is 19.2. The molecule has 0 atom stereocenters. The average molecular weight is 359 g/mol. The number of Topliss-reactive ketones (excluding diaryl/α,β-unsaturated/α-hetero) is 1. The van der Waals surface area contributed by atoms with Gasteiger partial charge < -0.3 is 5.32 Å². The van der Waals surface area contributed by atoms with Gasteiger partial charge in [0.1, 0.15) is 5.01 Å². The Balaban J connectivity index is 1.88. The van der Waals surface area contributed by atoms with Crippen molar-refractivity contribution >= 4 is 28.2 Å². The highest BCUT2D eigenvalue weighted by molar-refractivity contribution is 7.15. The highest BCUT2D eigenvalue weighted by atomic mass is 32.1. The molecule has 1 heterocycles. The van der Waals surface area contributed by atoms with E-state index >= 15 is 0 Å². The fraction of sp³-hybridized carbons (Fsp3) is 0.474. The lowest BCUT2D eigenvalue weighted by atomic mass is 10.0. The molecule has 1 aromatic carbocycles. The number of benzene rings is 1. The van der Waals surface area contributed by atoms with Gasteiger partial charge in [0, 0.05) is 24.3 Å². The van der Waals surface area contributed by atoms with Gasteiger partial charge in [0.05, 0.1) is 0 Å². The van der Waals surface area contributed by atoms with Crippen molar-refractivity contribution in [1.82, 2.24) is 10.2 Å². The van der Waals surface area contributed by atoms with Gasteiger partial charge in [-0.05, 0) is 43.9 Å². The number of carbonyl (C=O) groups is 2. The summed E-state index contributed by atoms with van der Waals surface area (Å²) in [7, 11) is 0. The smallest absolute Gasteiger partial charge is 0.226 e. The standard InChI is InChI=1S/C19H25N3O2S/c1-5-14(6-2)18-21-22-19(25-18)20-17(24)10-9-16(23)15-8-7-12(3)13(4)11-15/h7-8,11,14H,5-6,9-10H2,1-4H3,(H,20,22,24). The van der Waals surface area contributed by atoms with Crippen LogP contribution in [-0.4, -0.2) is 21.9 Å². The van der Waals surface area contributed by atoms with Crippen LogP contribution < -0.4 is 5.32 Å². The van der Waals surface area contributed by atoms with Crippen LogP contribution in [0.2, 0.25) is 0 Å². The molecule has 1 aromatic heterocycles. The zero-order chi connectivity index (χ0) is 18.4. The van der Waals surface area contributed by atoms with E-state index in [0.717, 1.165) is 29.0 Å². The maximum absolute atomic E-state index is 12.2. The Labute approximate surface area is 152 Å². The van der Waals surface area contributed by atoms with Crippen LogP contribution in [0.1, 0.15) is 71.9 Å². The lowest BCUT2D eigenvalue weighted by Crippen LogP contribution is -2.13. The zero-order valence-electron chi connectivity index (χ0n) is 15.3. The molecule has 25 heavy (non-hydrogen) atoms. The predicted octanol–water partition coefficient (Wildman–Crippen LogP) is 4.66. The molecule has 0 saturated heterocycles. The molecule has 0 bridgehead atoms. The Morgan fingerprint density at radius 2 is 1.80 bits per heavy atom. The summed E-state index contributed by atoms with van der Waals surface area (Å²) in [5.41, 5.74) is 2.89. The van der Waals surface area contributed by atoms with Crippen molar-refractivity contribution in [3.05, 3.63) is 39.9 Å². The minimum Gasteiger partial charge on any atom is -0.301 e. The number of hydrogen-bond acceptors (Lipinski definition) is 5. The summed E-state index contributed by atoms with van der Waals surface area (Å²) < 4.78 is 0. The second-order valence-corrected chi connectivity index (χ2v) is 7.24. The fourth-order valence-corrected chi connectivity index (χ4v) is 3.58. The number of amides is 1. The molecule has 0 spiro atoms. The summed E-state index contributed by atoms with van der Waals surface area (Å²) in [5.74, 6) is 0.159. The second-order valence-electron chi connectivity index (χ2n) is 6.23. The molecule has 0 unspecified atom stereocenters. The van der Waals surface area contributed by atoms with E-state index in [1.165, 1.54) is 11.3 Å². The minimum absolute atomic E-state index is 0.0202. The number of carbonyl (C=O) groups excluding carboxylic acids is 2. The second kappa shape index (κ2) is 8.85. The molecular weight excluding hydrogens is 334 g/mol. The summed E-state index contributed by atoms with van der Waals surface area (Å²) in [5, 5.41) is 12.4. The number of nitrogens with zero attached hydrogens (tertiary/aromatic N) is 2. The van der Waals surface area contributed by atoms with Gasteiger partial charge in [-0.2, -0.15) is 0 Å². The number of anilines is 1. The van der Waals surface area contributed by atoms with Crippen molar-refractivity contribution in [2.75, 3.05) is 5.32 Å². The molecule has 0 aliphatic carbocycles. The van der Waals surface area contributed by atoms with Crippen LogP contribution in [0.25, 0.3) is 0 Å². The van der Waals surface area contributed by atoms with Crippen LogP contribution in [0.15, 0.2) is 18.2 Å². The van der Waals surface area contributed by atoms with Gasteiger partial charge in [0.2, 0.25) is 11.0 Å². The maximum atomic E-state index is 12.2. The van der Waals surface area contributed by atoms with Gasteiger partial charge in [0.15, 0.2) is 5.78 Å². The lowest BCUT2D eigenvalue weighted by Gasteiger charge is -2.06. The van der Waals surface area contributed by atoms with Crippen LogP contribution in [-0.2, 0) is 4.79 Å². The first-order chi connectivity index (χ1) is 11.9. The third-order valence-corrected chi connectivity index (χ3v) is 5.43. The largest absolute Gasteiger partial charge is 0.301 e. The minimum atomic E-state index is -0.204. The van der Waals surface area contributed by atoms with E-state index in [2.05, 4.69) is 29.4 Å². The quantitative estimate of drug-likeness (QED) is 0.696. The summed E-state index contributed by atoms with van der Waals surface area (Å²) in [4.78, 5) is 24.3. The van der Waals surface area contributed by atoms with Gasteiger partial charge in [0.25, 0.3) is 0 Å². The Morgan fingerprint density at radius 3 is 2.44 bits per heavy atom. The number of aryl methyl sites for hydroxylation is 2. The molecule has 6 heteroatoms. The molecule has 0 aliphatic heterocycles. The van der Waals surface area contributed by atoms with Crippen molar-refractivity contribution in [2.45, 2.75) is 59.3 Å². The van der Waals surface area contributed by atoms with Crippen molar-refractivity contribution in [3.63, 3.8) is 0 Å². The van der Waals surface area contributed by atoms with Gasteiger partial charge in [-0.25, -0.2) is 0 Å². The van der Waals surface area contributed by atoms with Crippen molar-refractivity contribution in [3.8, 4) is 0 Å². The van der Waals surface area contributed by atoms with Crippen molar-refractivity contribution in [2.24, 2.45) is 0 Å². The van der Waals surface area contributed by atoms with Gasteiger partial charge in [-0.15, -0.1) is 10.2 Å². The predicted molar refractivity (Wildman–Crippen MR) is 101 cm³/mol. The molecule has 0 fully saturated rings. The fourth-order valence-electron chi connectivity index (χ4n) is 2.56. The SMILES string of the molecule is CCC(CC)c1nnc(NC(=O)CCC(=O)c2ccc(C)c(C)c2)s1. The Bertz CT molecular complexity index is 751. The van der Waals surface area contributed by atoms with Crippen LogP contribution in [0.5, 0.6) is 0 Å². The molecule has 1 amide bonds. The Morgan fingerprint density at radius 1 is 1.08 bits per heavy atom. The van der Waals surface area contributed by atoms with Crippen molar-refractivity contribution < 1.29 is 9.59 Å². The van der Waals surface area contributed by atoms with Gasteiger partial charge in [-0.3, -0.25) is 9.59 Å². The average Bonchev–Trinajstić information content (AvgIpc) is 3.04. The van der Waals surface area contributed by atoms with Crippen LogP contribution in [0, 0.1) is 13.8 Å². The highest BCUT2D eigenvalue weighted by Gasteiger charge is 2.15. The van der Waals surface area contributed by atoms with Gasteiger partial charge in [-0.1, -0.05) is 37.3 Å². The normalized spacial score (nSPS) is 10.9. The maximum Gasteiger partial charge on any atom is 0.226 e. The Hall–Kier alpha value is -2.08. The number of ketones is 1. The number of hydrogen-bond donors (Lipinski definition) is 1. The molecule has 0 saturated carbocycles. The van der Waals surface area contributed by atoms with Crippen LogP contribution in [0.3, 0.4) is 0 Å². The molecular formula is C19H25N3O2S. The van der Waals surface area contributed by atoms with Gasteiger partial charge >= 0.3 is 0 Å². The van der Waals surface area contributed by atoms with Crippen LogP contribution >= 0.6 is 11.3 Å². The van der Waals surface area contributed by atoms with E-state index in [9.17, 15) is 9.59 Å². The summed E-state index contributed by atoms with van der Waals surface area (Å²) in [6, 6.07) is 5.63. The summed E-state index contributed by atoms with van der Waals surface area (Å²) >= 11 is 1.41. The number of nitrogens with one attached hydrogen (secondary N) is 1. The van der Waals surface area contributed by atoms with E-state index in [0.29, 0.717) is 16.6 Å². The molecule has 2 rings (SSSR count). The molecule has 5 nitrogen and oxygen atoms in total. The lowest BCUT2D eigenvalue weighted by molar-refractivity contribution is -0.116. The molecule has 134 valence electrons. The van der Waals surface area contributed by atoms with E-state index in [-0.39, 0.29) is 24.5 Å². The van der Waals surface area contributed by atoms with E-state index in [4.69, 9.17) is 0 Å². The summed E-state index contributed by atoms with van der Waals surface area (Å²) in [6.07, 6.45) is 2.34. The molecule has 0 aliphatic rings.